The van der Waals surface area contributed by atoms with Gasteiger partial charge in [0.2, 0.25) is 0 Å². The first kappa shape index (κ1) is 8.55. The quantitative estimate of drug-likeness (QED) is 0.452. The van der Waals surface area contributed by atoms with E-state index in [1.807, 2.05) is 0 Å². The van der Waals surface area contributed by atoms with E-state index in [4.69, 9.17) is 10.9 Å². The summed E-state index contributed by atoms with van der Waals surface area (Å²) in [6, 6.07) is 4.93. The molecule has 1 aromatic rings. The van der Waals surface area contributed by atoms with Crippen LogP contribution in [0.15, 0.2) is 18.2 Å². The van der Waals surface area contributed by atoms with Crippen LogP contribution in [0.4, 0.5) is 5.69 Å². The monoisotopic (exact) mass is 166 g/mol. The van der Waals surface area contributed by atoms with Gasteiger partial charge in [-0.1, -0.05) is 6.07 Å². The van der Waals surface area contributed by atoms with Crippen molar-refractivity contribution in [1.29, 1.82) is 0 Å². The van der Waals surface area contributed by atoms with E-state index in [0.717, 1.165) is 5.56 Å². The van der Waals surface area contributed by atoms with Crippen molar-refractivity contribution in [1.82, 2.24) is 0 Å². The molecule has 4 heteroatoms. The number of rotatable bonds is 2. The van der Waals surface area contributed by atoms with Gasteiger partial charge in [0.25, 0.3) is 0 Å². The maximum Gasteiger partial charge on any atom is 0.336 e. The van der Waals surface area contributed by atoms with Crippen molar-refractivity contribution in [2.45, 2.75) is 6.92 Å². The lowest BCUT2D eigenvalue weighted by Crippen LogP contribution is -2.08. The largest absolute Gasteiger partial charge is 0.478 e. The first-order valence-electron chi connectivity index (χ1n) is 3.45. The van der Waals surface area contributed by atoms with E-state index in [9.17, 15) is 4.79 Å². The maximum absolute atomic E-state index is 10.6. The third kappa shape index (κ3) is 1.54. The standard InChI is InChI=1S/C8H10N2O2/c1-5-2-3-6(10-9)4-7(5)8(11)12/h2-4,10H,9H2,1H3,(H,11,12). The summed E-state index contributed by atoms with van der Waals surface area (Å²) in [5.41, 5.74) is 3.97. The van der Waals surface area contributed by atoms with Crippen molar-refractivity contribution in [2.75, 3.05) is 5.43 Å². The van der Waals surface area contributed by atoms with Gasteiger partial charge in [0.1, 0.15) is 0 Å². The summed E-state index contributed by atoms with van der Waals surface area (Å²) in [5, 5.41) is 8.72. The number of carboxylic acids is 1. The van der Waals surface area contributed by atoms with Crippen LogP contribution in [0.3, 0.4) is 0 Å². The number of carbonyl (C=O) groups is 1. The lowest BCUT2D eigenvalue weighted by atomic mass is 10.1. The van der Waals surface area contributed by atoms with Gasteiger partial charge in [0, 0.05) is 5.69 Å². The highest BCUT2D eigenvalue weighted by atomic mass is 16.4. The number of hydrogen-bond donors (Lipinski definition) is 3. The van der Waals surface area contributed by atoms with Crippen molar-refractivity contribution in [3.8, 4) is 0 Å². The molecular weight excluding hydrogens is 156 g/mol. The number of hydrogen-bond acceptors (Lipinski definition) is 3. The number of aromatic carboxylic acids is 1. The van der Waals surface area contributed by atoms with Crippen molar-refractivity contribution >= 4 is 11.7 Å². The Balaban J connectivity index is 3.17. The summed E-state index contributed by atoms with van der Waals surface area (Å²) in [6.07, 6.45) is 0. The second kappa shape index (κ2) is 3.23. The molecule has 1 rings (SSSR count). The van der Waals surface area contributed by atoms with Crippen LogP contribution < -0.4 is 11.3 Å². The zero-order chi connectivity index (χ0) is 9.14. The highest BCUT2D eigenvalue weighted by Gasteiger charge is 2.06. The molecule has 0 spiro atoms. The molecule has 0 aliphatic carbocycles. The zero-order valence-corrected chi connectivity index (χ0v) is 6.66. The van der Waals surface area contributed by atoms with Crippen molar-refractivity contribution in [2.24, 2.45) is 5.84 Å². The smallest absolute Gasteiger partial charge is 0.336 e. The number of benzene rings is 1. The number of aryl methyl sites for hydroxylation is 1. The van der Waals surface area contributed by atoms with Crippen LogP contribution in [0.25, 0.3) is 0 Å². The zero-order valence-electron chi connectivity index (χ0n) is 6.66. The van der Waals surface area contributed by atoms with Crippen LogP contribution in [0.2, 0.25) is 0 Å². The predicted molar refractivity (Wildman–Crippen MR) is 45.9 cm³/mol. The summed E-state index contributed by atoms with van der Waals surface area (Å²) in [4.78, 5) is 10.6. The molecule has 0 heterocycles. The molecule has 0 saturated carbocycles. The van der Waals surface area contributed by atoms with Gasteiger partial charge in [-0.05, 0) is 24.6 Å². The minimum Gasteiger partial charge on any atom is -0.478 e. The highest BCUT2D eigenvalue weighted by Crippen LogP contribution is 2.13. The van der Waals surface area contributed by atoms with Gasteiger partial charge in [-0.3, -0.25) is 5.84 Å². The molecule has 0 saturated heterocycles. The number of carboxylic acid groups (broad SMARTS) is 1. The molecule has 0 unspecified atom stereocenters. The van der Waals surface area contributed by atoms with Gasteiger partial charge in [-0.25, -0.2) is 4.79 Å². The molecular formula is C8H10N2O2. The van der Waals surface area contributed by atoms with E-state index in [2.05, 4.69) is 5.43 Å². The van der Waals surface area contributed by atoms with Crippen LogP contribution >= 0.6 is 0 Å². The Morgan fingerprint density at radius 3 is 2.75 bits per heavy atom. The molecule has 4 nitrogen and oxygen atoms in total. The Hall–Kier alpha value is -1.55. The molecule has 1 aromatic carbocycles. The third-order valence-corrected chi connectivity index (χ3v) is 1.63. The average molecular weight is 166 g/mol. The summed E-state index contributed by atoms with van der Waals surface area (Å²) in [5.74, 6) is 4.19. The van der Waals surface area contributed by atoms with E-state index >= 15 is 0 Å². The summed E-state index contributed by atoms with van der Waals surface area (Å²) >= 11 is 0. The summed E-state index contributed by atoms with van der Waals surface area (Å²) in [7, 11) is 0. The van der Waals surface area contributed by atoms with Gasteiger partial charge in [0.05, 0.1) is 5.56 Å². The first-order chi connectivity index (χ1) is 5.65. The predicted octanol–water partition coefficient (Wildman–Crippen LogP) is 0.979. The van der Waals surface area contributed by atoms with Crippen LogP contribution in [0.1, 0.15) is 15.9 Å². The molecule has 0 aliphatic heterocycles. The molecule has 0 aliphatic rings. The number of anilines is 1. The van der Waals surface area contributed by atoms with Crippen LogP contribution in [-0.4, -0.2) is 11.1 Å². The Morgan fingerprint density at radius 2 is 2.25 bits per heavy atom. The van der Waals surface area contributed by atoms with Crippen molar-refractivity contribution < 1.29 is 9.90 Å². The summed E-state index contributed by atoms with van der Waals surface area (Å²) in [6.45, 7) is 1.74. The molecule has 0 fully saturated rings. The van der Waals surface area contributed by atoms with Gasteiger partial charge in [-0.2, -0.15) is 0 Å². The maximum atomic E-state index is 10.6. The molecule has 0 aromatic heterocycles. The molecule has 0 radical (unpaired) electrons. The van der Waals surface area contributed by atoms with Crippen molar-refractivity contribution in [3.05, 3.63) is 29.3 Å². The van der Waals surface area contributed by atoms with Crippen LogP contribution in [-0.2, 0) is 0 Å². The first-order valence-corrected chi connectivity index (χ1v) is 3.45. The van der Waals surface area contributed by atoms with E-state index in [-0.39, 0.29) is 5.56 Å². The fourth-order valence-electron chi connectivity index (χ4n) is 0.942. The van der Waals surface area contributed by atoms with Gasteiger partial charge in [0.15, 0.2) is 0 Å². The molecule has 12 heavy (non-hydrogen) atoms. The second-order valence-electron chi connectivity index (χ2n) is 2.48. The Kier molecular flexibility index (Phi) is 2.30. The summed E-state index contributed by atoms with van der Waals surface area (Å²) < 4.78 is 0. The van der Waals surface area contributed by atoms with E-state index < -0.39 is 5.97 Å². The molecule has 0 bridgehead atoms. The average Bonchev–Trinajstić information content (AvgIpc) is 2.05. The highest BCUT2D eigenvalue weighted by molar-refractivity contribution is 5.90. The molecule has 0 atom stereocenters. The SMILES string of the molecule is Cc1ccc(NN)cc1C(=O)O. The second-order valence-corrected chi connectivity index (χ2v) is 2.48. The molecule has 4 N–H and O–H groups in total. The minimum atomic E-state index is -0.940. The van der Waals surface area contributed by atoms with E-state index in [1.165, 1.54) is 6.07 Å². The number of nitrogen functional groups attached to an aromatic ring is 1. The Morgan fingerprint density at radius 1 is 1.58 bits per heavy atom. The third-order valence-electron chi connectivity index (χ3n) is 1.63. The van der Waals surface area contributed by atoms with Gasteiger partial charge < -0.3 is 10.5 Å². The Bertz CT molecular complexity index is 310. The van der Waals surface area contributed by atoms with Crippen LogP contribution in [0.5, 0.6) is 0 Å². The molecule has 64 valence electrons. The van der Waals surface area contributed by atoms with E-state index in [0.29, 0.717) is 5.69 Å². The van der Waals surface area contributed by atoms with Crippen LogP contribution in [0, 0.1) is 6.92 Å². The lowest BCUT2D eigenvalue weighted by molar-refractivity contribution is 0.0696. The topological polar surface area (TPSA) is 75.3 Å². The minimum absolute atomic E-state index is 0.269. The lowest BCUT2D eigenvalue weighted by Gasteiger charge is -2.03. The fraction of sp³-hybridized carbons (Fsp3) is 0.125. The number of nitrogens with one attached hydrogen (secondary N) is 1. The van der Waals surface area contributed by atoms with Gasteiger partial charge >= 0.3 is 5.97 Å². The normalized spacial score (nSPS) is 9.50. The number of hydrazine groups is 1. The fourth-order valence-corrected chi connectivity index (χ4v) is 0.942. The Labute approximate surface area is 70.0 Å². The molecule has 0 amide bonds. The van der Waals surface area contributed by atoms with Gasteiger partial charge in [-0.15, -0.1) is 0 Å². The number of nitrogens with two attached hydrogens (primary N) is 1. The van der Waals surface area contributed by atoms with Crippen molar-refractivity contribution in [3.63, 3.8) is 0 Å². The van der Waals surface area contributed by atoms with E-state index in [1.54, 1.807) is 19.1 Å².